The van der Waals surface area contributed by atoms with Gasteiger partial charge in [-0.2, -0.15) is 0 Å². The number of hydrogen-bond donors (Lipinski definition) is 0. The second kappa shape index (κ2) is 6.01. The van der Waals surface area contributed by atoms with Crippen LogP contribution in [0.5, 0.6) is 0 Å². The number of benzene rings is 1. The number of carbonyl (C=O) groups excluding carboxylic acids is 1. The molecule has 0 N–H and O–H groups in total. The van der Waals surface area contributed by atoms with Gasteiger partial charge in [-0.3, -0.25) is 4.79 Å². The van der Waals surface area contributed by atoms with Crippen LogP contribution in [-0.4, -0.2) is 5.78 Å². The van der Waals surface area contributed by atoms with Crippen molar-refractivity contribution in [1.82, 2.24) is 0 Å². The Morgan fingerprint density at radius 2 is 2.00 bits per heavy atom. The molecule has 0 heterocycles. The molecule has 1 heteroatoms. The maximum Gasteiger partial charge on any atom is 0.141 e. The van der Waals surface area contributed by atoms with E-state index in [0.717, 1.165) is 6.42 Å². The van der Waals surface area contributed by atoms with Crippen LogP contribution in [0.15, 0.2) is 48.1 Å². The Kier molecular flexibility index (Phi) is 4.36. The molecule has 1 aromatic carbocycles. The van der Waals surface area contributed by atoms with E-state index < -0.39 is 0 Å². The molecule has 0 bridgehead atoms. The maximum absolute atomic E-state index is 12.5. The number of Topliss-reactive ketones (excluding diaryl/α,β-unsaturated/α-hetero) is 1. The van der Waals surface area contributed by atoms with E-state index in [1.807, 2.05) is 12.1 Å². The summed E-state index contributed by atoms with van der Waals surface area (Å²) in [6, 6.07) is 8.26. The van der Waals surface area contributed by atoms with Crippen LogP contribution >= 0.6 is 0 Å². The Hall–Kier alpha value is -1.63. The maximum atomic E-state index is 12.5. The summed E-state index contributed by atoms with van der Waals surface area (Å²) in [6.45, 7) is 6.25. The first-order valence-electron chi connectivity index (χ1n) is 7.08. The van der Waals surface area contributed by atoms with Crippen LogP contribution in [0.4, 0.5) is 0 Å². The van der Waals surface area contributed by atoms with E-state index in [1.54, 1.807) is 0 Å². The highest BCUT2D eigenvalue weighted by atomic mass is 16.1. The molecule has 100 valence electrons. The van der Waals surface area contributed by atoms with Crippen molar-refractivity contribution < 1.29 is 4.79 Å². The number of carbonyl (C=O) groups is 1. The average Bonchev–Trinajstić information content (AvgIpc) is 2.79. The quantitative estimate of drug-likeness (QED) is 0.751. The molecular weight excluding hydrogens is 232 g/mol. The van der Waals surface area contributed by atoms with Crippen molar-refractivity contribution in [3.63, 3.8) is 0 Å². The molecule has 1 aliphatic carbocycles. The molecule has 0 fully saturated rings. The highest BCUT2D eigenvalue weighted by Gasteiger charge is 2.28. The van der Waals surface area contributed by atoms with Gasteiger partial charge in [0.25, 0.3) is 0 Å². The Morgan fingerprint density at radius 1 is 1.26 bits per heavy atom. The monoisotopic (exact) mass is 254 g/mol. The lowest BCUT2D eigenvalue weighted by Gasteiger charge is -2.22. The second-order valence-electron chi connectivity index (χ2n) is 5.40. The van der Waals surface area contributed by atoms with Crippen LogP contribution in [-0.2, 0) is 4.79 Å². The van der Waals surface area contributed by atoms with Gasteiger partial charge in [-0.25, -0.2) is 0 Å². The summed E-state index contributed by atoms with van der Waals surface area (Å²) in [7, 11) is 0. The normalized spacial score (nSPS) is 19.3. The first kappa shape index (κ1) is 13.8. The lowest BCUT2D eigenvalue weighted by Crippen LogP contribution is -2.19. The molecule has 0 spiro atoms. The molecule has 2 rings (SSSR count). The molecular formula is C18H22O. The van der Waals surface area contributed by atoms with E-state index in [1.165, 1.54) is 16.7 Å². The minimum atomic E-state index is -0.0187. The van der Waals surface area contributed by atoms with Crippen LogP contribution < -0.4 is 0 Å². The van der Waals surface area contributed by atoms with Gasteiger partial charge >= 0.3 is 0 Å². The number of ketones is 1. The van der Waals surface area contributed by atoms with Gasteiger partial charge in [0.15, 0.2) is 0 Å². The highest BCUT2D eigenvalue weighted by molar-refractivity contribution is 5.87. The van der Waals surface area contributed by atoms with E-state index in [0.29, 0.717) is 12.2 Å². The predicted octanol–water partition coefficient (Wildman–Crippen LogP) is 4.58. The van der Waals surface area contributed by atoms with Gasteiger partial charge < -0.3 is 0 Å². The van der Waals surface area contributed by atoms with Crippen LogP contribution in [0.3, 0.4) is 0 Å². The summed E-state index contributed by atoms with van der Waals surface area (Å²) >= 11 is 0. The topological polar surface area (TPSA) is 17.1 Å². The minimum Gasteiger partial charge on any atom is -0.299 e. The molecule has 0 aliphatic heterocycles. The van der Waals surface area contributed by atoms with E-state index >= 15 is 0 Å². The zero-order chi connectivity index (χ0) is 13.8. The number of aryl methyl sites for hydroxylation is 1. The summed E-state index contributed by atoms with van der Waals surface area (Å²) in [5.74, 6) is 0.562. The molecule has 1 nitrogen and oxygen atoms in total. The number of rotatable bonds is 5. The van der Waals surface area contributed by atoms with Crippen molar-refractivity contribution in [2.75, 3.05) is 0 Å². The van der Waals surface area contributed by atoms with Crippen molar-refractivity contribution in [1.29, 1.82) is 0 Å². The third-order valence-electron chi connectivity index (χ3n) is 3.79. The van der Waals surface area contributed by atoms with Gasteiger partial charge in [0, 0.05) is 12.3 Å². The average molecular weight is 254 g/mol. The highest BCUT2D eigenvalue weighted by Crippen LogP contribution is 2.34. The molecule has 1 aliphatic rings. The fourth-order valence-corrected chi connectivity index (χ4v) is 2.82. The summed E-state index contributed by atoms with van der Waals surface area (Å²) in [5.41, 5.74) is 3.65. The Balaban J connectivity index is 2.38. The van der Waals surface area contributed by atoms with Gasteiger partial charge in [-0.15, -0.1) is 0 Å². The zero-order valence-corrected chi connectivity index (χ0v) is 12.0. The lowest BCUT2D eigenvalue weighted by molar-refractivity contribution is -0.121. The second-order valence-corrected chi connectivity index (χ2v) is 5.40. The standard InChI is InChI=1S/C18H22O/c1-4-7-17(19)18(15-11-10-13(2)12-15)16-9-6-5-8-14(16)3/h5-6,8-12,15,18H,4,7H2,1-3H3. The van der Waals surface area contributed by atoms with Crippen LogP contribution in [0.1, 0.15) is 43.7 Å². The SMILES string of the molecule is CCCC(=O)C(c1ccccc1C)C1C=CC(C)=C1. The molecule has 19 heavy (non-hydrogen) atoms. The Labute approximate surface area is 116 Å². The lowest BCUT2D eigenvalue weighted by atomic mass is 9.80. The fraction of sp³-hybridized carbons (Fsp3) is 0.389. The number of hydrogen-bond acceptors (Lipinski definition) is 1. The summed E-state index contributed by atoms with van der Waals surface area (Å²) < 4.78 is 0. The van der Waals surface area contributed by atoms with E-state index in [4.69, 9.17) is 0 Å². The molecule has 0 aromatic heterocycles. The van der Waals surface area contributed by atoms with Gasteiger partial charge in [0.2, 0.25) is 0 Å². The van der Waals surface area contributed by atoms with Crippen molar-refractivity contribution >= 4 is 5.78 Å². The summed E-state index contributed by atoms with van der Waals surface area (Å²) in [4.78, 5) is 12.5. The van der Waals surface area contributed by atoms with E-state index in [9.17, 15) is 4.79 Å². The van der Waals surface area contributed by atoms with E-state index in [2.05, 4.69) is 51.1 Å². The predicted molar refractivity (Wildman–Crippen MR) is 80.2 cm³/mol. The van der Waals surface area contributed by atoms with Crippen LogP contribution in [0.25, 0.3) is 0 Å². The fourth-order valence-electron chi connectivity index (χ4n) is 2.82. The molecule has 0 radical (unpaired) electrons. The van der Waals surface area contributed by atoms with Gasteiger partial charge in [0.05, 0.1) is 5.92 Å². The Bertz CT molecular complexity index is 522. The van der Waals surface area contributed by atoms with Gasteiger partial charge in [-0.1, -0.05) is 55.0 Å². The first-order valence-corrected chi connectivity index (χ1v) is 7.08. The van der Waals surface area contributed by atoms with E-state index in [-0.39, 0.29) is 11.8 Å². The molecule has 2 unspecified atom stereocenters. The molecule has 0 saturated heterocycles. The first-order chi connectivity index (χ1) is 9.13. The van der Waals surface area contributed by atoms with Crippen molar-refractivity contribution in [3.05, 3.63) is 59.2 Å². The van der Waals surface area contributed by atoms with Crippen LogP contribution in [0, 0.1) is 12.8 Å². The molecule has 0 amide bonds. The van der Waals surface area contributed by atoms with Crippen molar-refractivity contribution in [2.24, 2.45) is 5.92 Å². The molecule has 0 saturated carbocycles. The third-order valence-corrected chi connectivity index (χ3v) is 3.79. The van der Waals surface area contributed by atoms with Crippen LogP contribution in [0.2, 0.25) is 0 Å². The van der Waals surface area contributed by atoms with Gasteiger partial charge in [0.1, 0.15) is 5.78 Å². The smallest absolute Gasteiger partial charge is 0.141 e. The summed E-state index contributed by atoms with van der Waals surface area (Å²) in [5, 5.41) is 0. The molecule has 2 atom stereocenters. The third kappa shape index (κ3) is 3.04. The largest absolute Gasteiger partial charge is 0.299 e. The zero-order valence-electron chi connectivity index (χ0n) is 12.0. The summed E-state index contributed by atoms with van der Waals surface area (Å²) in [6.07, 6.45) is 8.08. The number of allylic oxidation sites excluding steroid dienone is 4. The van der Waals surface area contributed by atoms with Gasteiger partial charge in [-0.05, 0) is 31.4 Å². The van der Waals surface area contributed by atoms with Crippen molar-refractivity contribution in [3.8, 4) is 0 Å². The van der Waals surface area contributed by atoms with Crippen molar-refractivity contribution in [2.45, 2.75) is 39.5 Å². The molecule has 1 aromatic rings. The Morgan fingerprint density at radius 3 is 2.58 bits per heavy atom. The minimum absolute atomic E-state index is 0.0187.